The maximum Gasteiger partial charge on any atom is 0.673 e. The number of hydrogen-bond acceptors (Lipinski definition) is 2. The van der Waals surface area contributed by atoms with Crippen LogP contribution in [0, 0.1) is 5.39 Å². The van der Waals surface area contributed by atoms with Crippen LogP contribution in [0.15, 0.2) is 18.2 Å². The molecule has 0 fully saturated rings. The monoisotopic (exact) mass is 277 g/mol. The highest BCUT2D eigenvalue weighted by Crippen LogP contribution is 2.21. The quantitative estimate of drug-likeness (QED) is 0.330. The van der Waals surface area contributed by atoms with Crippen molar-refractivity contribution in [2.45, 2.75) is 0 Å². The van der Waals surface area contributed by atoms with Gasteiger partial charge in [0, 0.05) is 5.02 Å². The fourth-order valence-corrected chi connectivity index (χ4v) is 0.910. The summed E-state index contributed by atoms with van der Waals surface area (Å²) in [4.78, 5) is 0. The zero-order chi connectivity index (χ0) is 13.4. The molecule has 10 heteroatoms. The van der Waals surface area contributed by atoms with Crippen molar-refractivity contribution >= 4 is 36.1 Å². The van der Waals surface area contributed by atoms with Gasteiger partial charge in [-0.05, 0) is 18.2 Å². The predicted molar refractivity (Wildman–Crippen MR) is 53.7 cm³/mol. The minimum Gasteiger partial charge on any atom is -0.418 e. The van der Waals surface area contributed by atoms with Gasteiger partial charge < -0.3 is 23.0 Å². The molecule has 1 aromatic carbocycles. The zero-order valence-corrected chi connectivity index (χ0v) is 9.11. The van der Waals surface area contributed by atoms with Crippen LogP contribution in [0.5, 0.6) is 0 Å². The Balaban J connectivity index is 0. The Morgan fingerprint density at radius 2 is 1.50 bits per heavy atom. The number of diazo groups is 1. The number of nitrogen functional groups attached to an aromatic ring is 1. The van der Waals surface area contributed by atoms with Gasteiger partial charge in [0.05, 0.1) is 16.1 Å². The second kappa shape index (κ2) is 8.02. The Kier molecular flexibility index (Phi) is 8.62. The van der Waals surface area contributed by atoms with Gasteiger partial charge in [-0.15, -0.1) is 0 Å². The topological polar surface area (TPSA) is 73.6 Å². The maximum absolute atomic E-state index is 9.75. The second-order valence-electron chi connectivity index (χ2n) is 2.16. The van der Waals surface area contributed by atoms with Crippen LogP contribution in [0.4, 0.5) is 23.0 Å². The molecule has 16 heavy (non-hydrogen) atoms. The number of nitrogens with two attached hydrogens (primary N) is 1. The fraction of sp³-hybridized carbons (Fsp3) is 0. The van der Waals surface area contributed by atoms with Gasteiger partial charge in [0.2, 0.25) is 5.39 Å². The zero-order valence-electron chi connectivity index (χ0n) is 7.60. The molecule has 0 bridgehead atoms. The average Bonchev–Trinajstić information content (AvgIpc) is 2.13. The van der Waals surface area contributed by atoms with E-state index >= 15 is 0 Å². The molecule has 0 radical (unpaired) electrons. The van der Waals surface area contributed by atoms with Crippen LogP contribution in [0.25, 0.3) is 0 Å². The summed E-state index contributed by atoms with van der Waals surface area (Å²) < 4.78 is 39.0. The summed E-state index contributed by atoms with van der Waals surface area (Å²) in [5.74, 6) is 0. The molecule has 0 atom stereocenters. The summed E-state index contributed by atoms with van der Waals surface area (Å²) in [5.41, 5.74) is 5.95. The van der Waals surface area contributed by atoms with Crippen molar-refractivity contribution in [1.29, 1.82) is 5.39 Å². The van der Waals surface area contributed by atoms with Crippen LogP contribution in [0.1, 0.15) is 0 Å². The Morgan fingerprint density at radius 1 is 1.12 bits per heavy atom. The molecule has 0 aliphatic carbocycles. The van der Waals surface area contributed by atoms with Gasteiger partial charge in [-0.2, -0.15) is 0 Å². The number of halogens is 6. The van der Waals surface area contributed by atoms with E-state index in [1.54, 1.807) is 18.2 Å². The first-order valence-corrected chi connectivity index (χ1v) is 4.26. The van der Waals surface area contributed by atoms with Gasteiger partial charge in [0.15, 0.2) is 0 Å². The van der Waals surface area contributed by atoms with E-state index in [4.69, 9.17) is 39.7 Å². The number of nitrogens with zero attached hydrogens (tertiary/aromatic N) is 1. The lowest BCUT2D eigenvalue weighted by atomic mass is 10.3. The van der Waals surface area contributed by atoms with Crippen molar-refractivity contribution in [3.05, 3.63) is 28.2 Å². The summed E-state index contributed by atoms with van der Waals surface area (Å²) in [6.45, 7) is 0. The number of hydrogen-bond donors (Lipinski definition) is 2. The molecule has 0 saturated carbocycles. The van der Waals surface area contributed by atoms with E-state index in [0.29, 0.717) is 15.7 Å². The van der Waals surface area contributed by atoms with Crippen molar-refractivity contribution in [2.24, 2.45) is 0 Å². The minimum absolute atomic E-state index is 0.502. The summed E-state index contributed by atoms with van der Waals surface area (Å²) in [7, 11) is -6.00. The van der Waals surface area contributed by atoms with E-state index in [0.717, 1.165) is 0 Å². The number of rotatable bonds is 0. The van der Waals surface area contributed by atoms with Crippen LogP contribution < -0.4 is 11.1 Å². The van der Waals surface area contributed by atoms with Crippen molar-refractivity contribution in [3.8, 4) is 0 Å². The molecule has 0 aliphatic heterocycles. The molecule has 0 aliphatic rings. The summed E-state index contributed by atoms with van der Waals surface area (Å²) in [6, 6.07) is 4.98. The van der Waals surface area contributed by atoms with E-state index in [9.17, 15) is 17.3 Å². The molecule has 0 unspecified atom stereocenters. The molecule has 3 nitrogen and oxygen atoms in total. The normalized spacial score (nSPS) is 9.25. The van der Waals surface area contributed by atoms with Gasteiger partial charge >= 0.3 is 7.25 Å². The van der Waals surface area contributed by atoms with E-state index in [1.165, 1.54) is 0 Å². The molecule has 0 spiro atoms. The predicted octanol–water partition coefficient (Wildman–Crippen LogP) is 2.15. The molecule has 90 valence electrons. The van der Waals surface area contributed by atoms with Crippen LogP contribution in [-0.4, -0.2) is 7.25 Å². The fourth-order valence-electron chi connectivity index (χ4n) is 0.502. The first-order valence-electron chi connectivity index (χ1n) is 3.50. The van der Waals surface area contributed by atoms with Gasteiger partial charge in [-0.3, -0.25) is 0 Å². The molecule has 1 rings (SSSR count). The average molecular weight is 278 g/mol. The molecule has 1 aromatic rings. The van der Waals surface area contributed by atoms with E-state index in [2.05, 4.69) is 0 Å². The van der Waals surface area contributed by atoms with Crippen LogP contribution >= 0.6 is 23.2 Å². The molecule has 0 heterocycles. The van der Waals surface area contributed by atoms with Crippen LogP contribution in [-0.2, 0) is 0 Å². The lowest BCUT2D eigenvalue weighted by molar-refractivity contribution is -0.175. The van der Waals surface area contributed by atoms with E-state index < -0.39 is 7.25 Å². The molecule has 0 aromatic heterocycles. The maximum atomic E-state index is 9.75. The molecule has 0 saturated heterocycles. The Bertz CT molecular complexity index is 338. The summed E-state index contributed by atoms with van der Waals surface area (Å²) in [6.07, 6.45) is 0. The van der Waals surface area contributed by atoms with Gasteiger partial charge in [0.25, 0.3) is 0 Å². The highest BCUT2D eigenvalue weighted by molar-refractivity contribution is 6.50. The van der Waals surface area contributed by atoms with Crippen molar-refractivity contribution in [1.82, 2.24) is 0 Å². The van der Waals surface area contributed by atoms with E-state index in [-0.39, 0.29) is 0 Å². The van der Waals surface area contributed by atoms with Gasteiger partial charge in [-0.25, -0.2) is 0 Å². The molecule has 0 amide bonds. The van der Waals surface area contributed by atoms with Gasteiger partial charge in [-0.1, -0.05) is 23.2 Å². The Labute approximate surface area is 98.7 Å². The third-order valence-electron chi connectivity index (χ3n) is 0.962. The highest BCUT2D eigenvalue weighted by atomic mass is 35.5. The number of nitrogens with one attached hydrogen (secondary N) is 1. The SMILES string of the molecule is F[B-](F)(F)F.N#[NH+].Nc1ccc(Cl)cc1Cl. The lowest BCUT2D eigenvalue weighted by Crippen LogP contribution is -2.11. The molecular weight excluding hydrogens is 272 g/mol. The van der Waals surface area contributed by atoms with E-state index in [1.807, 2.05) is 0 Å². The smallest absolute Gasteiger partial charge is 0.418 e. The van der Waals surface area contributed by atoms with Crippen LogP contribution in [0.2, 0.25) is 10.0 Å². The lowest BCUT2D eigenvalue weighted by Gasteiger charge is -1.94. The number of benzene rings is 1. The summed E-state index contributed by atoms with van der Waals surface area (Å²) in [5, 5.41) is 12.1. The first-order chi connectivity index (χ1) is 7.20. The minimum atomic E-state index is -6.00. The second-order valence-corrected chi connectivity index (χ2v) is 3.00. The Hall–Kier alpha value is -1.20. The first kappa shape index (κ1) is 17.2. The standard InChI is InChI=1S/C6H5Cl2N.BF4.N2/c7-4-1-2-6(9)5(8)3-4;2-1(3,4)5;1-2/h1-3H,9H2;;/q;-1;/p+1. The molecular formula is C6H6BCl2F4N3. The largest absolute Gasteiger partial charge is 0.673 e. The van der Waals surface area contributed by atoms with Crippen molar-refractivity contribution in [3.63, 3.8) is 0 Å². The van der Waals surface area contributed by atoms with Crippen LogP contribution in [0.3, 0.4) is 0 Å². The Morgan fingerprint density at radius 3 is 1.75 bits per heavy atom. The highest BCUT2D eigenvalue weighted by Gasteiger charge is 2.20. The van der Waals surface area contributed by atoms with Crippen molar-refractivity contribution < 1.29 is 22.7 Å². The third-order valence-corrected chi connectivity index (χ3v) is 1.52. The van der Waals surface area contributed by atoms with Gasteiger partial charge in [0.1, 0.15) is 0 Å². The van der Waals surface area contributed by atoms with Crippen molar-refractivity contribution in [2.75, 3.05) is 5.73 Å². The third kappa shape index (κ3) is 12.8. The molecule has 3 N–H and O–H groups in total. The number of anilines is 1. The summed E-state index contributed by atoms with van der Waals surface area (Å²) >= 11 is 11.2.